The van der Waals surface area contributed by atoms with Gasteiger partial charge in [-0.05, 0) is 74.5 Å². The van der Waals surface area contributed by atoms with Crippen molar-refractivity contribution in [3.63, 3.8) is 0 Å². The van der Waals surface area contributed by atoms with E-state index in [0.717, 1.165) is 44.9 Å². The van der Waals surface area contributed by atoms with Crippen molar-refractivity contribution >= 4 is 5.97 Å². The Morgan fingerprint density at radius 2 is 1.52 bits per heavy atom. The van der Waals surface area contributed by atoms with Gasteiger partial charge in [0.1, 0.15) is 36.6 Å². The highest BCUT2D eigenvalue weighted by molar-refractivity contribution is 5.77. The molecule has 3 saturated carbocycles. The number of aliphatic hydroxyl groups is 6. The summed E-state index contributed by atoms with van der Waals surface area (Å²) in [5.41, 5.74) is 0.389. The van der Waals surface area contributed by atoms with E-state index in [0.29, 0.717) is 12.3 Å². The number of carbonyl (C=O) groups excluding carboxylic acids is 1. The molecule has 0 spiro atoms. The first-order chi connectivity index (χ1) is 20.7. The van der Waals surface area contributed by atoms with Crippen molar-refractivity contribution in [2.24, 2.45) is 28.1 Å². The molecule has 3 aliphatic carbocycles. The molecule has 13 nitrogen and oxygen atoms in total. The van der Waals surface area contributed by atoms with Crippen LogP contribution in [-0.2, 0) is 28.6 Å². The fourth-order valence-electron chi connectivity index (χ4n) is 9.54. The highest BCUT2D eigenvalue weighted by Gasteiger charge is 2.63. The van der Waals surface area contributed by atoms with Crippen LogP contribution in [0.2, 0.25) is 0 Å². The molecule has 5 fully saturated rings. The average Bonchev–Trinajstić information content (AvgIpc) is 2.97. The molecule has 5 rings (SSSR count). The zero-order valence-corrected chi connectivity index (χ0v) is 25.8. The summed E-state index contributed by atoms with van der Waals surface area (Å²) in [6.07, 6.45) is -8.93. The molecule has 0 aromatic heterocycles. The second-order valence-corrected chi connectivity index (χ2v) is 14.5. The lowest BCUT2D eigenvalue weighted by Crippen LogP contribution is -2.65. The lowest BCUT2D eigenvalue weighted by Gasteiger charge is -2.64. The minimum absolute atomic E-state index is 0.0122. The minimum atomic E-state index is -1.82. The van der Waals surface area contributed by atoms with Crippen LogP contribution in [0.1, 0.15) is 72.1 Å². The standard InChI is InChI=1S/C31H50O13/c1-15-6-7-18-29(2,12-15)11-8-19-30(18,3)9-5-10-31(19,4)28(38)43-27-25(24(44-39)21(35)17(14-33)41-27)42-26-23(37)22(36)20(34)16(13-32)40-26/h16-27,32-37,39H,1,5-14H2,2-4H3/t16?,17?,18-,19?,20?,21?,22?,23?,24?,25?,26?,27?,29-,30+,31-/m1/s1. The zero-order chi connectivity index (χ0) is 32.2. The fourth-order valence-corrected chi connectivity index (χ4v) is 9.54. The summed E-state index contributed by atoms with van der Waals surface area (Å²) in [6.45, 7) is 9.42. The third-order valence-corrected chi connectivity index (χ3v) is 11.8. The van der Waals surface area contributed by atoms with Crippen molar-refractivity contribution in [1.29, 1.82) is 0 Å². The van der Waals surface area contributed by atoms with Crippen LogP contribution in [0.25, 0.3) is 0 Å². The molecule has 11 unspecified atom stereocenters. The van der Waals surface area contributed by atoms with E-state index < -0.39 is 86.0 Å². The molecule has 15 atom stereocenters. The van der Waals surface area contributed by atoms with E-state index in [1.54, 1.807) is 0 Å². The van der Waals surface area contributed by atoms with E-state index in [1.165, 1.54) is 5.57 Å². The Hall–Kier alpha value is -1.23. The number of hydrogen-bond acceptors (Lipinski definition) is 13. The van der Waals surface area contributed by atoms with Gasteiger partial charge in [-0.25, -0.2) is 4.89 Å². The van der Waals surface area contributed by atoms with Gasteiger partial charge in [-0.1, -0.05) is 32.4 Å². The van der Waals surface area contributed by atoms with Gasteiger partial charge >= 0.3 is 5.97 Å². The average molecular weight is 631 g/mol. The van der Waals surface area contributed by atoms with Crippen molar-refractivity contribution in [2.45, 2.75) is 134 Å². The van der Waals surface area contributed by atoms with E-state index in [9.17, 15) is 40.7 Å². The number of aliphatic hydroxyl groups excluding tert-OH is 6. The van der Waals surface area contributed by atoms with E-state index >= 15 is 0 Å². The summed E-state index contributed by atoms with van der Waals surface area (Å²) >= 11 is 0. The molecule has 252 valence electrons. The van der Waals surface area contributed by atoms with Crippen LogP contribution >= 0.6 is 0 Å². The first kappa shape index (κ1) is 34.1. The van der Waals surface area contributed by atoms with E-state index in [4.69, 9.17) is 18.9 Å². The molecular weight excluding hydrogens is 580 g/mol. The number of rotatable bonds is 7. The molecule has 2 heterocycles. The van der Waals surface area contributed by atoms with Gasteiger partial charge in [-0.2, -0.15) is 0 Å². The Kier molecular flexibility index (Phi) is 9.89. The Balaban J connectivity index is 1.41. The van der Waals surface area contributed by atoms with Crippen molar-refractivity contribution in [3.8, 4) is 0 Å². The van der Waals surface area contributed by atoms with Crippen molar-refractivity contribution in [3.05, 3.63) is 12.2 Å². The largest absolute Gasteiger partial charge is 0.432 e. The summed E-state index contributed by atoms with van der Waals surface area (Å²) in [5.74, 6) is -0.131. The normalized spacial score (nSPS) is 51.3. The molecule has 0 aromatic rings. The number of ether oxygens (including phenoxy) is 4. The topological polar surface area (TPSA) is 205 Å². The predicted octanol–water partition coefficient (Wildman–Crippen LogP) is 0.620. The van der Waals surface area contributed by atoms with E-state index in [2.05, 4.69) is 25.3 Å². The summed E-state index contributed by atoms with van der Waals surface area (Å²) in [5, 5.41) is 71.0. The number of hydrogen-bond donors (Lipinski definition) is 7. The van der Waals surface area contributed by atoms with Crippen molar-refractivity contribution in [2.75, 3.05) is 13.2 Å². The van der Waals surface area contributed by atoms with Gasteiger partial charge in [0.2, 0.25) is 6.29 Å². The first-order valence-corrected chi connectivity index (χ1v) is 15.8. The van der Waals surface area contributed by atoms with Crippen molar-refractivity contribution < 1.29 is 64.5 Å². The van der Waals surface area contributed by atoms with Gasteiger partial charge in [0.25, 0.3) is 0 Å². The zero-order valence-electron chi connectivity index (χ0n) is 25.8. The van der Waals surface area contributed by atoms with Gasteiger partial charge in [0.05, 0.1) is 18.6 Å². The molecule has 0 radical (unpaired) electrons. The third-order valence-electron chi connectivity index (χ3n) is 11.8. The Morgan fingerprint density at radius 1 is 0.864 bits per heavy atom. The molecule has 5 aliphatic rings. The number of esters is 1. The van der Waals surface area contributed by atoms with Gasteiger partial charge in [-0.3, -0.25) is 10.1 Å². The van der Waals surface area contributed by atoms with Crippen LogP contribution in [0.15, 0.2) is 12.2 Å². The molecule has 0 amide bonds. The Labute approximate surface area is 257 Å². The SMILES string of the molecule is C=C1CC[C@@H]2[C@](C)(CCC3[C@](C)(C(=O)OC4OC(CO)C(O)C(OO)C4OC4OC(CO)C(O)C(O)C4O)CCC[C@]32C)C1. The quantitative estimate of drug-likeness (QED) is 0.0893. The maximum absolute atomic E-state index is 14.3. The van der Waals surface area contributed by atoms with Crippen LogP contribution in [0, 0.1) is 28.1 Å². The molecule has 0 bridgehead atoms. The molecule has 0 aromatic carbocycles. The monoisotopic (exact) mass is 630 g/mol. The minimum Gasteiger partial charge on any atom is -0.432 e. The van der Waals surface area contributed by atoms with Crippen LogP contribution in [0.5, 0.6) is 0 Å². The van der Waals surface area contributed by atoms with E-state index in [-0.39, 0.29) is 16.7 Å². The number of allylic oxidation sites excluding steroid dienone is 1. The molecule has 2 saturated heterocycles. The number of carbonyl (C=O) groups is 1. The highest BCUT2D eigenvalue weighted by atomic mass is 17.1. The molecular formula is C31H50O13. The Morgan fingerprint density at radius 3 is 2.18 bits per heavy atom. The summed E-state index contributed by atoms with van der Waals surface area (Å²) in [6, 6.07) is 0. The molecule has 7 N–H and O–H groups in total. The van der Waals surface area contributed by atoms with Gasteiger partial charge < -0.3 is 49.6 Å². The summed E-state index contributed by atoms with van der Waals surface area (Å²) in [4.78, 5) is 18.8. The Bertz CT molecular complexity index is 1060. The molecule has 44 heavy (non-hydrogen) atoms. The maximum atomic E-state index is 14.3. The fraction of sp³-hybridized carbons (Fsp3) is 0.903. The van der Waals surface area contributed by atoms with E-state index in [1.807, 2.05) is 6.92 Å². The first-order valence-electron chi connectivity index (χ1n) is 15.8. The molecule has 13 heteroatoms. The van der Waals surface area contributed by atoms with Crippen LogP contribution < -0.4 is 0 Å². The van der Waals surface area contributed by atoms with Gasteiger partial charge in [0, 0.05) is 0 Å². The molecule has 2 aliphatic heterocycles. The summed E-state index contributed by atoms with van der Waals surface area (Å²) in [7, 11) is 0. The third kappa shape index (κ3) is 5.66. The van der Waals surface area contributed by atoms with Crippen LogP contribution in [-0.4, -0.2) is 116 Å². The second kappa shape index (κ2) is 12.8. The maximum Gasteiger partial charge on any atom is 0.314 e. The smallest absolute Gasteiger partial charge is 0.314 e. The van der Waals surface area contributed by atoms with Crippen LogP contribution in [0.4, 0.5) is 0 Å². The van der Waals surface area contributed by atoms with Gasteiger partial charge in [-0.15, -0.1) is 0 Å². The highest BCUT2D eigenvalue weighted by Crippen LogP contribution is 2.68. The van der Waals surface area contributed by atoms with Gasteiger partial charge in [0.15, 0.2) is 18.5 Å². The van der Waals surface area contributed by atoms with Crippen molar-refractivity contribution in [1.82, 2.24) is 0 Å². The van der Waals surface area contributed by atoms with Crippen LogP contribution in [0.3, 0.4) is 0 Å². The lowest BCUT2D eigenvalue weighted by molar-refractivity contribution is -0.405. The number of fused-ring (bicyclic) bond motifs is 3. The predicted molar refractivity (Wildman–Crippen MR) is 151 cm³/mol. The lowest BCUT2D eigenvalue weighted by atomic mass is 9.40. The summed E-state index contributed by atoms with van der Waals surface area (Å²) < 4.78 is 23.1. The second-order valence-electron chi connectivity index (χ2n) is 14.5.